The first-order valence-electron chi connectivity index (χ1n) is 7.77. The van der Waals surface area contributed by atoms with Crippen LogP contribution in [0.5, 0.6) is 0 Å². The van der Waals surface area contributed by atoms with Gasteiger partial charge < -0.3 is 9.64 Å². The molecule has 2 aliphatic rings. The van der Waals surface area contributed by atoms with E-state index < -0.39 is 0 Å². The Kier molecular flexibility index (Phi) is 4.41. The average Bonchev–Trinajstić information content (AvgIpc) is 2.79. The number of ether oxygens (including phenoxy) is 1. The van der Waals surface area contributed by atoms with Gasteiger partial charge in [0.05, 0.1) is 18.2 Å². The van der Waals surface area contributed by atoms with Crippen molar-refractivity contribution in [2.45, 2.75) is 24.9 Å². The van der Waals surface area contributed by atoms with E-state index in [0.29, 0.717) is 23.2 Å². The molecule has 22 heavy (non-hydrogen) atoms. The van der Waals surface area contributed by atoms with E-state index in [1.807, 2.05) is 4.90 Å². The third-order valence-electron chi connectivity index (χ3n) is 4.71. The zero-order valence-electron chi connectivity index (χ0n) is 12.9. The lowest BCUT2D eigenvalue weighted by molar-refractivity contribution is 0.0354. The normalized spacial score (nSPS) is 24.3. The van der Waals surface area contributed by atoms with Gasteiger partial charge in [0.2, 0.25) is 0 Å². The van der Waals surface area contributed by atoms with E-state index >= 15 is 0 Å². The summed E-state index contributed by atoms with van der Waals surface area (Å²) in [6, 6.07) is 9.95. The largest absolute Gasteiger partial charge is 0.383 e. The molecule has 2 fully saturated rings. The third kappa shape index (κ3) is 2.85. The Balaban J connectivity index is 1.70. The van der Waals surface area contributed by atoms with E-state index in [4.69, 9.17) is 10.00 Å². The summed E-state index contributed by atoms with van der Waals surface area (Å²) in [7, 11) is 1.73. The van der Waals surface area contributed by atoms with E-state index in [0.717, 1.165) is 39.1 Å². The number of methoxy groups -OCH3 is 1. The molecule has 2 saturated heterocycles. The molecule has 1 aromatic carbocycles. The van der Waals surface area contributed by atoms with Crippen LogP contribution in [-0.2, 0) is 4.74 Å². The van der Waals surface area contributed by atoms with Crippen LogP contribution in [0.3, 0.4) is 0 Å². The van der Waals surface area contributed by atoms with Crippen LogP contribution in [0.15, 0.2) is 24.3 Å². The lowest BCUT2D eigenvalue weighted by atomic mass is 10.1. The van der Waals surface area contributed by atoms with Crippen molar-refractivity contribution in [2.75, 3.05) is 33.4 Å². The third-order valence-corrected chi connectivity index (χ3v) is 4.71. The van der Waals surface area contributed by atoms with Crippen LogP contribution < -0.4 is 0 Å². The molecule has 0 N–H and O–H groups in total. The molecule has 1 amide bonds. The van der Waals surface area contributed by atoms with Crippen molar-refractivity contribution < 1.29 is 9.53 Å². The van der Waals surface area contributed by atoms with Crippen molar-refractivity contribution in [3.63, 3.8) is 0 Å². The number of carbonyl (C=O) groups excluding carboxylic acids is 1. The quantitative estimate of drug-likeness (QED) is 0.845. The Hall–Kier alpha value is -1.90. The predicted octanol–water partition coefficient (Wildman–Crippen LogP) is 1.49. The molecule has 116 valence electrons. The van der Waals surface area contributed by atoms with Crippen molar-refractivity contribution in [1.82, 2.24) is 9.80 Å². The molecule has 2 bridgehead atoms. The number of rotatable bonds is 4. The second-order valence-electron chi connectivity index (χ2n) is 6.02. The molecular formula is C17H21N3O2. The highest BCUT2D eigenvalue weighted by molar-refractivity contribution is 5.94. The molecule has 2 aliphatic heterocycles. The zero-order valence-corrected chi connectivity index (χ0v) is 12.9. The summed E-state index contributed by atoms with van der Waals surface area (Å²) in [6.45, 7) is 3.23. The molecular weight excluding hydrogens is 278 g/mol. The van der Waals surface area contributed by atoms with Crippen molar-refractivity contribution in [1.29, 1.82) is 5.26 Å². The molecule has 2 atom stereocenters. The number of benzene rings is 1. The van der Waals surface area contributed by atoms with E-state index in [-0.39, 0.29) is 5.91 Å². The van der Waals surface area contributed by atoms with Gasteiger partial charge in [0.25, 0.3) is 5.91 Å². The van der Waals surface area contributed by atoms with E-state index in [1.54, 1.807) is 31.4 Å². The Morgan fingerprint density at radius 2 is 2.09 bits per heavy atom. The summed E-state index contributed by atoms with van der Waals surface area (Å²) in [4.78, 5) is 17.1. The van der Waals surface area contributed by atoms with Crippen molar-refractivity contribution in [3.8, 4) is 6.07 Å². The number of nitriles is 1. The van der Waals surface area contributed by atoms with Crippen LogP contribution in [0.2, 0.25) is 0 Å². The van der Waals surface area contributed by atoms with Gasteiger partial charge in [0, 0.05) is 44.4 Å². The van der Waals surface area contributed by atoms with Gasteiger partial charge in [-0.2, -0.15) is 5.26 Å². The molecule has 1 aromatic rings. The fourth-order valence-corrected chi connectivity index (χ4v) is 3.62. The van der Waals surface area contributed by atoms with Crippen LogP contribution in [0.4, 0.5) is 0 Å². The number of hydrogen-bond donors (Lipinski definition) is 0. The smallest absolute Gasteiger partial charge is 0.254 e. The van der Waals surface area contributed by atoms with E-state index in [9.17, 15) is 4.79 Å². The molecule has 3 rings (SSSR count). The first-order valence-corrected chi connectivity index (χ1v) is 7.77. The van der Waals surface area contributed by atoms with Crippen LogP contribution in [0, 0.1) is 11.3 Å². The monoisotopic (exact) mass is 299 g/mol. The van der Waals surface area contributed by atoms with Crippen molar-refractivity contribution in [3.05, 3.63) is 35.4 Å². The molecule has 2 heterocycles. The van der Waals surface area contributed by atoms with Gasteiger partial charge in [-0.25, -0.2) is 0 Å². The van der Waals surface area contributed by atoms with Gasteiger partial charge in [-0.15, -0.1) is 0 Å². The number of likely N-dealkylation sites (tertiary alicyclic amines) is 1. The van der Waals surface area contributed by atoms with E-state index in [2.05, 4.69) is 11.0 Å². The first kappa shape index (κ1) is 15.0. The molecule has 2 unspecified atom stereocenters. The minimum absolute atomic E-state index is 0.0420. The summed E-state index contributed by atoms with van der Waals surface area (Å²) < 4.78 is 5.19. The van der Waals surface area contributed by atoms with Crippen LogP contribution in [0.1, 0.15) is 28.8 Å². The maximum atomic E-state index is 12.7. The van der Waals surface area contributed by atoms with Gasteiger partial charge in [-0.05, 0) is 31.0 Å². The topological polar surface area (TPSA) is 56.6 Å². The van der Waals surface area contributed by atoms with Gasteiger partial charge in [0.15, 0.2) is 0 Å². The second-order valence-corrected chi connectivity index (χ2v) is 6.02. The number of fused-ring (bicyclic) bond motifs is 2. The summed E-state index contributed by atoms with van der Waals surface area (Å²) in [5, 5.41) is 8.97. The van der Waals surface area contributed by atoms with Crippen LogP contribution in [0.25, 0.3) is 0 Å². The summed E-state index contributed by atoms with van der Waals surface area (Å²) in [5.74, 6) is 0.0420. The van der Waals surface area contributed by atoms with Gasteiger partial charge >= 0.3 is 0 Å². The maximum Gasteiger partial charge on any atom is 0.254 e. The average molecular weight is 299 g/mol. The number of nitrogens with zero attached hydrogens (tertiary/aromatic N) is 3. The minimum Gasteiger partial charge on any atom is -0.383 e. The van der Waals surface area contributed by atoms with E-state index in [1.165, 1.54) is 0 Å². The fourth-order valence-electron chi connectivity index (χ4n) is 3.62. The van der Waals surface area contributed by atoms with Gasteiger partial charge in [0.1, 0.15) is 0 Å². The number of piperazine rings is 1. The lowest BCUT2D eigenvalue weighted by Gasteiger charge is -2.41. The summed E-state index contributed by atoms with van der Waals surface area (Å²) in [5.41, 5.74) is 1.15. The molecule has 0 radical (unpaired) electrons. The SMILES string of the molecule is COCCN1C2CCC1CN(C(=O)c1cccc(C#N)c1)C2. The predicted molar refractivity (Wildman–Crippen MR) is 82.5 cm³/mol. The van der Waals surface area contributed by atoms with Crippen molar-refractivity contribution >= 4 is 5.91 Å². The molecule has 0 aromatic heterocycles. The Bertz CT molecular complexity index is 582. The Morgan fingerprint density at radius 1 is 1.36 bits per heavy atom. The number of amides is 1. The number of hydrogen-bond acceptors (Lipinski definition) is 4. The summed E-state index contributed by atoms with van der Waals surface area (Å²) in [6.07, 6.45) is 2.30. The van der Waals surface area contributed by atoms with Crippen LogP contribution in [-0.4, -0.2) is 61.1 Å². The lowest BCUT2D eigenvalue weighted by Crippen LogP contribution is -2.55. The highest BCUT2D eigenvalue weighted by Crippen LogP contribution is 2.30. The van der Waals surface area contributed by atoms with Crippen LogP contribution >= 0.6 is 0 Å². The highest BCUT2D eigenvalue weighted by Gasteiger charge is 2.40. The zero-order chi connectivity index (χ0) is 15.5. The molecule has 5 heteroatoms. The van der Waals surface area contributed by atoms with Gasteiger partial charge in [-0.1, -0.05) is 6.07 Å². The first-order chi connectivity index (χ1) is 10.7. The maximum absolute atomic E-state index is 12.7. The molecule has 0 aliphatic carbocycles. The fraction of sp³-hybridized carbons (Fsp3) is 0.529. The highest BCUT2D eigenvalue weighted by atomic mass is 16.5. The number of carbonyl (C=O) groups is 1. The molecule has 0 saturated carbocycles. The minimum atomic E-state index is 0.0420. The summed E-state index contributed by atoms with van der Waals surface area (Å²) >= 11 is 0. The standard InChI is InChI=1S/C17H21N3O2/c1-22-8-7-20-15-5-6-16(20)12-19(11-15)17(21)14-4-2-3-13(9-14)10-18/h2-4,9,15-16H,5-8,11-12H2,1H3. The Labute approximate surface area is 131 Å². The molecule has 5 nitrogen and oxygen atoms in total. The Morgan fingerprint density at radius 3 is 2.73 bits per heavy atom. The second kappa shape index (κ2) is 6.47. The van der Waals surface area contributed by atoms with Gasteiger partial charge in [-0.3, -0.25) is 9.69 Å². The molecule has 0 spiro atoms. The van der Waals surface area contributed by atoms with Crippen molar-refractivity contribution in [2.24, 2.45) is 0 Å².